The summed E-state index contributed by atoms with van der Waals surface area (Å²) in [7, 11) is 0. The van der Waals surface area contributed by atoms with E-state index in [1.807, 2.05) is 138 Å². The third-order valence-corrected chi connectivity index (χ3v) is 17.9. The summed E-state index contributed by atoms with van der Waals surface area (Å²) in [6.07, 6.45) is 6.55. The number of rotatable bonds is 6. The van der Waals surface area contributed by atoms with Crippen molar-refractivity contribution in [3.63, 3.8) is 0 Å². The van der Waals surface area contributed by atoms with E-state index < -0.39 is 0 Å². The van der Waals surface area contributed by atoms with Crippen molar-refractivity contribution in [2.45, 2.75) is 201 Å². The van der Waals surface area contributed by atoms with Gasteiger partial charge in [0.25, 0.3) is 11.1 Å². The van der Waals surface area contributed by atoms with E-state index in [1.54, 1.807) is 12.1 Å². The van der Waals surface area contributed by atoms with Gasteiger partial charge in [-0.1, -0.05) is 238 Å². The van der Waals surface area contributed by atoms with E-state index in [0.717, 1.165) is 97.7 Å². The topological polar surface area (TPSA) is 63.4 Å². The van der Waals surface area contributed by atoms with E-state index >= 15 is 0 Å². The molecule has 0 unspecified atom stereocenters. The number of hydrogen-bond donors (Lipinski definition) is 0. The molecule has 5 heterocycles. The Balaban J connectivity index is 0.000000295. The first kappa shape index (κ1) is 80.2. The molecule has 520 valence electrons. The smallest absolute Gasteiger partial charge is 0.255 e. The van der Waals surface area contributed by atoms with E-state index in [-0.39, 0.29) is 22.2 Å². The lowest BCUT2D eigenvalue weighted by molar-refractivity contribution is 0.102. The van der Waals surface area contributed by atoms with Crippen molar-refractivity contribution in [3.05, 3.63) is 244 Å². The molecule has 0 saturated carbocycles. The number of likely N-dealkylation sites (tertiary alicyclic amines) is 2. The van der Waals surface area contributed by atoms with Crippen molar-refractivity contribution in [2.75, 3.05) is 26.2 Å². The summed E-state index contributed by atoms with van der Waals surface area (Å²) >= 11 is 0. The SMILES string of the molecule is CC.CC.CC.CC.CC.CC.CC.CC.CC(C)(C)N1CCC(c2ccc(-n3c(=O)ccc4ccc5ccc(-c6ccc7ccccc7c6)cc5c43)cc2)CC1.CC(C)(C)N1CCC(c2ccc(-n3c(=O)ccc4cnc5ccc(-c6ccc7ccccc7c6)cc5c43)cc2)CC1. The summed E-state index contributed by atoms with van der Waals surface area (Å²) in [6.45, 7) is 50.3. The van der Waals surface area contributed by atoms with Gasteiger partial charge in [0.15, 0.2) is 0 Å². The number of pyridine rings is 3. The van der Waals surface area contributed by atoms with Crippen LogP contribution in [0.15, 0.2) is 222 Å². The summed E-state index contributed by atoms with van der Waals surface area (Å²) in [5, 5.41) is 10.1. The van der Waals surface area contributed by atoms with Crippen LogP contribution in [-0.4, -0.2) is 61.2 Å². The van der Waals surface area contributed by atoms with E-state index in [4.69, 9.17) is 4.98 Å². The molecule has 0 radical (unpaired) electrons. The first-order valence-corrected chi connectivity index (χ1v) is 37.4. The van der Waals surface area contributed by atoms with Crippen molar-refractivity contribution in [1.82, 2.24) is 23.9 Å². The van der Waals surface area contributed by atoms with Crippen molar-refractivity contribution < 1.29 is 0 Å². The molecule has 0 amide bonds. The second-order valence-corrected chi connectivity index (χ2v) is 24.9. The minimum Gasteiger partial charge on any atom is -0.298 e. The average Bonchev–Trinajstić information content (AvgIpc) is 0.756. The van der Waals surface area contributed by atoms with Crippen LogP contribution in [0.1, 0.15) is 201 Å². The molecule has 98 heavy (non-hydrogen) atoms. The first-order valence-electron chi connectivity index (χ1n) is 37.4. The Kier molecular flexibility index (Phi) is 32.1. The Labute approximate surface area is 590 Å². The summed E-state index contributed by atoms with van der Waals surface area (Å²) < 4.78 is 3.75. The summed E-state index contributed by atoms with van der Waals surface area (Å²) in [5.41, 5.74) is 12.3. The molecular formula is C91H119N5O2. The molecule has 3 aromatic heterocycles. The van der Waals surface area contributed by atoms with Gasteiger partial charge in [0.2, 0.25) is 0 Å². The fraction of sp³-hybridized carbons (Fsp3) is 0.374. The number of nitrogens with zero attached hydrogens (tertiary/aromatic N) is 5. The van der Waals surface area contributed by atoms with E-state index in [2.05, 4.69) is 233 Å². The summed E-state index contributed by atoms with van der Waals surface area (Å²) in [6, 6.07) is 71.9. The number of aromatic nitrogens is 3. The zero-order valence-corrected chi connectivity index (χ0v) is 64.1. The fourth-order valence-electron chi connectivity index (χ4n) is 13.1. The molecule has 0 bridgehead atoms. The predicted molar refractivity (Wildman–Crippen MR) is 435 cm³/mol. The highest BCUT2D eigenvalue weighted by Crippen LogP contribution is 2.37. The third kappa shape index (κ3) is 19.0. The predicted octanol–water partition coefficient (Wildman–Crippen LogP) is 25.5. The second-order valence-electron chi connectivity index (χ2n) is 24.9. The molecule has 7 heteroatoms. The number of fused-ring (bicyclic) bond motifs is 8. The van der Waals surface area contributed by atoms with Gasteiger partial charge >= 0.3 is 0 Å². The van der Waals surface area contributed by atoms with Crippen LogP contribution in [0.25, 0.3) is 98.7 Å². The monoisotopic (exact) mass is 1310 g/mol. The zero-order valence-electron chi connectivity index (χ0n) is 64.1. The molecular weight excluding hydrogens is 1200 g/mol. The molecule has 0 N–H and O–H groups in total. The quantitative estimate of drug-likeness (QED) is 0.155. The Bertz CT molecular complexity index is 4200. The second kappa shape index (κ2) is 39.2. The maximum atomic E-state index is 13.5. The normalized spacial score (nSPS) is 13.2. The van der Waals surface area contributed by atoms with Crippen LogP contribution in [0.4, 0.5) is 0 Å². The lowest BCUT2D eigenvalue weighted by Gasteiger charge is -2.41. The van der Waals surface area contributed by atoms with Crippen LogP contribution in [0.2, 0.25) is 0 Å². The van der Waals surface area contributed by atoms with Gasteiger partial charge in [-0.3, -0.25) is 33.5 Å². The third-order valence-electron chi connectivity index (χ3n) is 17.9. The van der Waals surface area contributed by atoms with Gasteiger partial charge in [0, 0.05) is 56.9 Å². The molecule has 9 aromatic carbocycles. The molecule has 0 spiro atoms. The molecule has 2 fully saturated rings. The fourth-order valence-corrected chi connectivity index (χ4v) is 13.1. The lowest BCUT2D eigenvalue weighted by atomic mass is 9.87. The van der Waals surface area contributed by atoms with Gasteiger partial charge < -0.3 is 0 Å². The van der Waals surface area contributed by atoms with Crippen LogP contribution >= 0.6 is 0 Å². The van der Waals surface area contributed by atoms with Crippen LogP contribution in [0.3, 0.4) is 0 Å². The number of hydrogen-bond acceptors (Lipinski definition) is 5. The van der Waals surface area contributed by atoms with Gasteiger partial charge in [-0.05, 0) is 238 Å². The lowest BCUT2D eigenvalue weighted by Crippen LogP contribution is -2.45. The van der Waals surface area contributed by atoms with Gasteiger partial charge in [-0.2, -0.15) is 0 Å². The summed E-state index contributed by atoms with van der Waals surface area (Å²) in [4.78, 5) is 36.8. The minimum atomic E-state index is -0.0349. The molecule has 2 aliphatic rings. The maximum Gasteiger partial charge on any atom is 0.255 e. The van der Waals surface area contributed by atoms with E-state index in [9.17, 15) is 9.59 Å². The van der Waals surface area contributed by atoms with Crippen molar-refractivity contribution in [1.29, 1.82) is 0 Å². The van der Waals surface area contributed by atoms with Crippen molar-refractivity contribution in [3.8, 4) is 33.6 Å². The average molecular weight is 1310 g/mol. The largest absolute Gasteiger partial charge is 0.298 e. The number of piperidine rings is 2. The first-order chi connectivity index (χ1) is 47.7. The van der Waals surface area contributed by atoms with Crippen LogP contribution in [-0.2, 0) is 0 Å². The standard InChI is InChI=1S/C38H36N2O.C37H35N3O.8C2H6/c1-38(2,3)39-22-20-28(21-23-39)27-14-17-34(18-15-27)40-36(41)19-16-30-11-9-29-10-13-33(25-35(29)37(30)40)32-12-8-26-6-4-5-7-31(26)24-32;1-37(2,3)39-20-18-27(19-21-39)26-10-14-32(15-11-26)40-35(41)17-13-31-24-38-34-16-12-30(23-33(34)36(31)40)29-9-8-25-6-4-5-7-28(25)22-29;8*1-2/h4-19,24-25,28H,20-23H2,1-3H3;4-17,22-24,27H,18-21H2,1-3H3;8*1-2H3. The molecule has 12 aromatic rings. The molecule has 2 aliphatic heterocycles. The zero-order chi connectivity index (χ0) is 72.3. The highest BCUT2D eigenvalue weighted by atomic mass is 16.1. The molecule has 2 saturated heterocycles. The van der Waals surface area contributed by atoms with Gasteiger partial charge in [0.05, 0.1) is 16.6 Å². The summed E-state index contributed by atoms with van der Waals surface area (Å²) in [5.74, 6) is 1.12. The number of benzene rings is 9. The van der Waals surface area contributed by atoms with Crippen molar-refractivity contribution in [2.24, 2.45) is 0 Å². The van der Waals surface area contributed by atoms with Crippen LogP contribution in [0.5, 0.6) is 0 Å². The highest BCUT2D eigenvalue weighted by molar-refractivity contribution is 6.08. The minimum absolute atomic E-state index is 0.00709. The Hall–Kier alpha value is -8.49. The van der Waals surface area contributed by atoms with Gasteiger partial charge in [-0.25, -0.2) is 0 Å². The van der Waals surface area contributed by atoms with Crippen LogP contribution < -0.4 is 11.1 Å². The van der Waals surface area contributed by atoms with Gasteiger partial charge in [-0.15, -0.1) is 0 Å². The van der Waals surface area contributed by atoms with E-state index in [0.29, 0.717) is 11.8 Å². The Morgan fingerprint density at radius 3 is 1.04 bits per heavy atom. The Morgan fingerprint density at radius 2 is 0.633 bits per heavy atom. The van der Waals surface area contributed by atoms with Crippen LogP contribution in [0, 0.1) is 0 Å². The van der Waals surface area contributed by atoms with Gasteiger partial charge in [0.1, 0.15) is 0 Å². The van der Waals surface area contributed by atoms with Crippen molar-refractivity contribution >= 4 is 65.0 Å². The molecule has 14 rings (SSSR count). The highest BCUT2D eigenvalue weighted by Gasteiger charge is 2.29. The molecule has 7 nitrogen and oxygen atoms in total. The molecule has 0 aliphatic carbocycles. The van der Waals surface area contributed by atoms with E-state index in [1.165, 1.54) is 63.9 Å². The molecule has 0 atom stereocenters. The maximum absolute atomic E-state index is 13.5. The Morgan fingerprint density at radius 1 is 0.316 bits per heavy atom.